The number of nitrogens with zero attached hydrogens (tertiary/aromatic N) is 3. The zero-order valence-corrected chi connectivity index (χ0v) is 19.0. The Labute approximate surface area is 200 Å². The van der Waals surface area contributed by atoms with E-state index in [-0.39, 0.29) is 12.1 Å². The minimum Gasteiger partial charge on any atom is -0.374 e. The van der Waals surface area contributed by atoms with E-state index in [0.717, 1.165) is 28.8 Å². The molecule has 1 amide bonds. The van der Waals surface area contributed by atoms with Crippen LogP contribution >= 0.6 is 0 Å². The minimum absolute atomic E-state index is 0.0858. The first kappa shape index (κ1) is 21.9. The van der Waals surface area contributed by atoms with Crippen molar-refractivity contribution >= 4 is 6.03 Å². The summed E-state index contributed by atoms with van der Waals surface area (Å²) in [4.78, 5) is 19.6. The van der Waals surface area contributed by atoms with Gasteiger partial charge in [-0.3, -0.25) is 4.57 Å². The number of carbonyl (C=O) groups is 1. The Bertz CT molecular complexity index is 1250. The number of hydrogen-bond acceptors (Lipinski definition) is 3. The van der Waals surface area contributed by atoms with Crippen LogP contribution in [0.2, 0.25) is 0 Å². The maximum atomic E-state index is 13.3. The van der Waals surface area contributed by atoms with Gasteiger partial charge in [0.25, 0.3) is 0 Å². The molecule has 0 unspecified atom stereocenters. The molecule has 0 aliphatic carbocycles. The summed E-state index contributed by atoms with van der Waals surface area (Å²) >= 11 is 0. The van der Waals surface area contributed by atoms with E-state index in [1.807, 2.05) is 65.6 Å². The Kier molecular flexibility index (Phi) is 6.64. The molecule has 0 saturated carbocycles. The minimum atomic E-state index is -0.0963. The highest BCUT2D eigenvalue weighted by molar-refractivity contribution is 5.79. The van der Waals surface area contributed by atoms with Crippen LogP contribution in [0, 0.1) is 0 Å². The first-order valence-corrected chi connectivity index (χ1v) is 11.6. The largest absolute Gasteiger partial charge is 0.374 e. The van der Waals surface area contributed by atoms with Crippen LogP contribution in [0.25, 0.3) is 22.4 Å². The van der Waals surface area contributed by atoms with Gasteiger partial charge in [0, 0.05) is 18.3 Å². The molecule has 0 spiro atoms. The quantitative estimate of drug-likeness (QED) is 0.338. The fraction of sp³-hybridized carbons (Fsp3) is 0.172. The highest BCUT2D eigenvalue weighted by atomic mass is 16.5. The molecule has 0 bridgehead atoms. The molecule has 0 saturated heterocycles. The summed E-state index contributed by atoms with van der Waals surface area (Å²) in [6.45, 7) is 1.65. The molecule has 170 valence electrons. The Balaban J connectivity index is 1.25. The van der Waals surface area contributed by atoms with E-state index in [2.05, 4.69) is 41.4 Å². The monoisotopic (exact) mass is 449 g/mol. The van der Waals surface area contributed by atoms with Crippen molar-refractivity contribution in [1.29, 1.82) is 0 Å². The molecule has 0 fully saturated rings. The number of benzene rings is 3. The lowest BCUT2D eigenvalue weighted by Gasteiger charge is -2.32. The van der Waals surface area contributed by atoms with Gasteiger partial charge in [0.2, 0.25) is 0 Å². The summed E-state index contributed by atoms with van der Waals surface area (Å²) in [6.07, 6.45) is 8.42. The fourth-order valence-electron chi connectivity index (χ4n) is 4.18. The Morgan fingerprint density at radius 3 is 2.32 bits per heavy atom. The van der Waals surface area contributed by atoms with Gasteiger partial charge in [-0.05, 0) is 23.1 Å². The van der Waals surface area contributed by atoms with Crippen LogP contribution < -0.4 is 0 Å². The van der Waals surface area contributed by atoms with Crippen LogP contribution in [-0.4, -0.2) is 39.7 Å². The predicted octanol–water partition coefficient (Wildman–Crippen LogP) is 6.03. The number of amides is 1. The standard InChI is InChI=1S/C29H27N3O2/c33-29(32-18-8-7-13-27(32)21-34-20-23-9-3-1-4-10-23)31-19-28(30-22-31)26-16-14-25(15-17-26)24-11-5-2-6-12-24/h1-7,9-17,19,22,27H,8,18,20-21H2/t27-/m1/s1. The molecule has 3 aromatic carbocycles. The van der Waals surface area contributed by atoms with E-state index >= 15 is 0 Å². The number of carbonyl (C=O) groups excluding carboxylic acids is 1. The summed E-state index contributed by atoms with van der Waals surface area (Å²) < 4.78 is 7.50. The third-order valence-corrected chi connectivity index (χ3v) is 6.03. The first-order valence-electron chi connectivity index (χ1n) is 11.6. The second-order valence-corrected chi connectivity index (χ2v) is 8.37. The second-order valence-electron chi connectivity index (χ2n) is 8.37. The molecule has 1 aliphatic rings. The highest BCUT2D eigenvalue weighted by Gasteiger charge is 2.25. The van der Waals surface area contributed by atoms with Crippen molar-refractivity contribution in [3.63, 3.8) is 0 Å². The number of imidazole rings is 1. The first-order chi connectivity index (χ1) is 16.8. The van der Waals surface area contributed by atoms with Crippen molar-refractivity contribution in [1.82, 2.24) is 14.5 Å². The molecule has 1 aromatic heterocycles. The summed E-state index contributed by atoms with van der Waals surface area (Å²) in [6, 6.07) is 28.4. The SMILES string of the molecule is O=C(N1CCC=C[C@@H]1COCc1ccccc1)n1cnc(-c2ccc(-c3ccccc3)cc2)c1. The summed E-state index contributed by atoms with van der Waals surface area (Å²) in [5.41, 5.74) is 5.20. The van der Waals surface area contributed by atoms with Crippen LogP contribution in [0.4, 0.5) is 4.79 Å². The van der Waals surface area contributed by atoms with Crippen molar-refractivity contribution in [3.05, 3.63) is 115 Å². The van der Waals surface area contributed by atoms with Crippen LogP contribution in [0.1, 0.15) is 12.0 Å². The lowest BCUT2D eigenvalue weighted by molar-refractivity contribution is 0.0755. The number of ether oxygens (including phenoxy) is 1. The van der Waals surface area contributed by atoms with Crippen molar-refractivity contribution in [2.75, 3.05) is 13.2 Å². The molecule has 1 atom stereocenters. The molecular formula is C29H27N3O2. The average Bonchev–Trinajstić information content (AvgIpc) is 3.40. The molecule has 4 aromatic rings. The Morgan fingerprint density at radius 2 is 1.56 bits per heavy atom. The smallest absolute Gasteiger partial charge is 0.330 e. The van der Waals surface area contributed by atoms with Gasteiger partial charge in [-0.2, -0.15) is 0 Å². The third-order valence-electron chi connectivity index (χ3n) is 6.03. The van der Waals surface area contributed by atoms with Gasteiger partial charge >= 0.3 is 6.03 Å². The average molecular weight is 450 g/mol. The molecule has 5 nitrogen and oxygen atoms in total. The zero-order chi connectivity index (χ0) is 23.2. The van der Waals surface area contributed by atoms with E-state index in [1.165, 1.54) is 5.56 Å². The lowest BCUT2D eigenvalue weighted by Crippen LogP contribution is -2.45. The van der Waals surface area contributed by atoms with Gasteiger partial charge in [-0.1, -0.05) is 97.1 Å². The van der Waals surface area contributed by atoms with Gasteiger partial charge in [0.15, 0.2) is 0 Å². The van der Waals surface area contributed by atoms with Gasteiger partial charge in [-0.25, -0.2) is 9.78 Å². The summed E-state index contributed by atoms with van der Waals surface area (Å²) in [5.74, 6) is 0. The van der Waals surface area contributed by atoms with Crippen molar-refractivity contribution in [3.8, 4) is 22.4 Å². The summed E-state index contributed by atoms with van der Waals surface area (Å²) in [5, 5.41) is 0. The topological polar surface area (TPSA) is 47.4 Å². The van der Waals surface area contributed by atoms with Gasteiger partial charge in [0.05, 0.1) is 24.9 Å². The van der Waals surface area contributed by atoms with E-state index < -0.39 is 0 Å². The third kappa shape index (κ3) is 5.00. The van der Waals surface area contributed by atoms with Crippen molar-refractivity contribution in [2.24, 2.45) is 0 Å². The Hall–Kier alpha value is -3.96. The molecule has 1 aliphatic heterocycles. The highest BCUT2D eigenvalue weighted by Crippen LogP contribution is 2.24. The van der Waals surface area contributed by atoms with Gasteiger partial charge in [0.1, 0.15) is 6.33 Å². The van der Waals surface area contributed by atoms with Crippen LogP contribution in [-0.2, 0) is 11.3 Å². The van der Waals surface area contributed by atoms with E-state index in [0.29, 0.717) is 19.8 Å². The molecule has 2 heterocycles. The van der Waals surface area contributed by atoms with Crippen LogP contribution in [0.5, 0.6) is 0 Å². The molecule has 5 heteroatoms. The maximum Gasteiger partial charge on any atom is 0.330 e. The normalized spacial score (nSPS) is 15.4. The summed E-state index contributed by atoms with van der Waals surface area (Å²) in [7, 11) is 0. The molecule has 5 rings (SSSR count). The zero-order valence-electron chi connectivity index (χ0n) is 19.0. The number of aromatic nitrogens is 2. The lowest BCUT2D eigenvalue weighted by atomic mass is 10.0. The molecule has 34 heavy (non-hydrogen) atoms. The second kappa shape index (κ2) is 10.3. The number of rotatable bonds is 6. The molecule has 0 radical (unpaired) electrons. The van der Waals surface area contributed by atoms with Gasteiger partial charge < -0.3 is 9.64 Å². The van der Waals surface area contributed by atoms with E-state index in [4.69, 9.17) is 4.74 Å². The van der Waals surface area contributed by atoms with E-state index in [9.17, 15) is 4.79 Å². The Morgan fingerprint density at radius 1 is 0.882 bits per heavy atom. The van der Waals surface area contributed by atoms with Crippen molar-refractivity contribution < 1.29 is 9.53 Å². The predicted molar refractivity (Wildman–Crippen MR) is 134 cm³/mol. The number of hydrogen-bond donors (Lipinski definition) is 0. The van der Waals surface area contributed by atoms with Gasteiger partial charge in [-0.15, -0.1) is 0 Å². The van der Waals surface area contributed by atoms with Crippen LogP contribution in [0.15, 0.2) is 110 Å². The fourth-order valence-corrected chi connectivity index (χ4v) is 4.18. The van der Waals surface area contributed by atoms with E-state index in [1.54, 1.807) is 17.1 Å². The molecular weight excluding hydrogens is 422 g/mol. The maximum absolute atomic E-state index is 13.3. The molecule has 0 N–H and O–H groups in total. The van der Waals surface area contributed by atoms with Crippen LogP contribution in [0.3, 0.4) is 0 Å². The van der Waals surface area contributed by atoms with Crippen molar-refractivity contribution in [2.45, 2.75) is 19.1 Å².